The molecule has 1 unspecified atom stereocenters. The Hall–Kier alpha value is -2.35. The van der Waals surface area contributed by atoms with Crippen LogP contribution in [0.2, 0.25) is 0 Å². The molecule has 1 aliphatic rings. The normalized spacial score (nSPS) is 21.4. The number of furan rings is 1. The Morgan fingerprint density at radius 2 is 2.18 bits per heavy atom. The molecule has 2 amide bonds. The van der Waals surface area contributed by atoms with Crippen LogP contribution in [0, 0.1) is 0 Å². The Balaban J connectivity index is 1.79. The summed E-state index contributed by atoms with van der Waals surface area (Å²) in [4.78, 5) is 36.1. The van der Waals surface area contributed by atoms with Gasteiger partial charge in [0.25, 0.3) is 5.91 Å². The van der Waals surface area contributed by atoms with Crippen molar-refractivity contribution in [1.29, 1.82) is 0 Å². The molecular weight excluding hydrogens is 292 g/mol. The summed E-state index contributed by atoms with van der Waals surface area (Å²) >= 11 is 0. The first-order chi connectivity index (χ1) is 10.5. The van der Waals surface area contributed by atoms with Gasteiger partial charge in [-0.15, -0.1) is 0 Å². The molecule has 8 nitrogen and oxygen atoms in total. The molecule has 0 aromatic carbocycles. The third kappa shape index (κ3) is 4.08. The van der Waals surface area contributed by atoms with E-state index in [2.05, 4.69) is 5.32 Å². The second-order valence-electron chi connectivity index (χ2n) is 5.06. The number of carbonyl (C=O) groups is 3. The molecule has 22 heavy (non-hydrogen) atoms. The maximum Gasteiger partial charge on any atom is 0.334 e. The minimum absolute atomic E-state index is 0.0185. The van der Waals surface area contributed by atoms with E-state index in [0.717, 1.165) is 0 Å². The van der Waals surface area contributed by atoms with E-state index in [1.165, 1.54) is 17.2 Å². The van der Waals surface area contributed by atoms with E-state index in [0.29, 0.717) is 6.54 Å². The number of carbonyl (C=O) groups excluding carboxylic acids is 2. The number of ether oxygens (including phenoxy) is 1. The molecule has 0 aliphatic carbocycles. The zero-order valence-electron chi connectivity index (χ0n) is 12.2. The van der Waals surface area contributed by atoms with E-state index in [-0.39, 0.29) is 37.3 Å². The fourth-order valence-electron chi connectivity index (χ4n) is 2.23. The predicted molar refractivity (Wildman–Crippen MR) is 74.2 cm³/mol. The summed E-state index contributed by atoms with van der Waals surface area (Å²) in [5.74, 6) is -1.52. The molecule has 1 aromatic heterocycles. The van der Waals surface area contributed by atoms with Crippen molar-refractivity contribution in [1.82, 2.24) is 10.2 Å². The maximum absolute atomic E-state index is 12.1. The molecule has 1 saturated heterocycles. The number of nitrogens with zero attached hydrogens (tertiary/aromatic N) is 1. The number of carboxylic acid groups (broad SMARTS) is 1. The van der Waals surface area contributed by atoms with E-state index in [1.807, 2.05) is 0 Å². The number of morpholine rings is 1. The molecule has 0 bridgehead atoms. The van der Waals surface area contributed by atoms with Crippen molar-refractivity contribution in [3.8, 4) is 0 Å². The monoisotopic (exact) mass is 310 g/mol. The molecule has 1 aromatic rings. The van der Waals surface area contributed by atoms with E-state index < -0.39 is 18.0 Å². The highest BCUT2D eigenvalue weighted by atomic mass is 16.5. The van der Waals surface area contributed by atoms with Crippen molar-refractivity contribution in [2.45, 2.75) is 25.6 Å². The Kier molecular flexibility index (Phi) is 5.16. The quantitative estimate of drug-likeness (QED) is 0.798. The van der Waals surface area contributed by atoms with Gasteiger partial charge < -0.3 is 24.5 Å². The standard InChI is InChI=1S/C14H18N2O6/c1-9-7-16(8-11(22-9)14(19)20)12(17)4-5-15-13(18)10-3-2-6-21-10/h2-3,6,9,11H,4-5,7-8H2,1H3,(H,15,18)(H,19,20)/t9-,11?/m1/s1. The van der Waals surface area contributed by atoms with Crippen LogP contribution in [0.3, 0.4) is 0 Å². The lowest BCUT2D eigenvalue weighted by Gasteiger charge is -2.35. The topological polar surface area (TPSA) is 109 Å². The average molecular weight is 310 g/mol. The Bertz CT molecular complexity index is 542. The molecule has 1 fully saturated rings. The first-order valence-electron chi connectivity index (χ1n) is 6.95. The van der Waals surface area contributed by atoms with Crippen LogP contribution in [-0.2, 0) is 14.3 Å². The number of nitrogens with one attached hydrogen (secondary N) is 1. The van der Waals surface area contributed by atoms with Gasteiger partial charge in [-0.3, -0.25) is 9.59 Å². The zero-order chi connectivity index (χ0) is 16.1. The highest BCUT2D eigenvalue weighted by molar-refractivity contribution is 5.91. The first-order valence-corrected chi connectivity index (χ1v) is 6.95. The smallest absolute Gasteiger partial charge is 0.334 e. The second kappa shape index (κ2) is 7.08. The van der Waals surface area contributed by atoms with Gasteiger partial charge in [0.05, 0.1) is 18.9 Å². The third-order valence-corrected chi connectivity index (χ3v) is 3.26. The van der Waals surface area contributed by atoms with Gasteiger partial charge in [-0.05, 0) is 19.1 Å². The number of carboxylic acids is 1. The Labute approximate surface area is 127 Å². The van der Waals surface area contributed by atoms with Crippen LogP contribution < -0.4 is 5.32 Å². The largest absolute Gasteiger partial charge is 0.479 e. The highest BCUT2D eigenvalue weighted by Gasteiger charge is 2.32. The number of hydrogen-bond donors (Lipinski definition) is 2. The van der Waals surface area contributed by atoms with Gasteiger partial charge in [0.2, 0.25) is 5.91 Å². The van der Waals surface area contributed by atoms with Crippen molar-refractivity contribution >= 4 is 17.8 Å². The van der Waals surface area contributed by atoms with Gasteiger partial charge in [-0.2, -0.15) is 0 Å². The zero-order valence-corrected chi connectivity index (χ0v) is 12.2. The average Bonchev–Trinajstić information content (AvgIpc) is 3.00. The molecule has 120 valence electrons. The number of hydrogen-bond acceptors (Lipinski definition) is 5. The summed E-state index contributed by atoms with van der Waals surface area (Å²) in [7, 11) is 0. The molecule has 0 spiro atoms. The van der Waals surface area contributed by atoms with Crippen molar-refractivity contribution in [3.05, 3.63) is 24.2 Å². The fraction of sp³-hybridized carbons (Fsp3) is 0.500. The van der Waals surface area contributed by atoms with Crippen LogP contribution in [0.25, 0.3) is 0 Å². The first kappa shape index (κ1) is 16.0. The molecule has 2 heterocycles. The summed E-state index contributed by atoms with van der Waals surface area (Å²) < 4.78 is 10.2. The van der Waals surface area contributed by atoms with Crippen LogP contribution in [-0.4, -0.2) is 59.6 Å². The lowest BCUT2D eigenvalue weighted by atomic mass is 10.2. The van der Waals surface area contributed by atoms with Crippen molar-refractivity contribution in [2.75, 3.05) is 19.6 Å². The summed E-state index contributed by atoms with van der Waals surface area (Å²) in [5.41, 5.74) is 0. The molecular formula is C14H18N2O6. The Morgan fingerprint density at radius 3 is 2.82 bits per heavy atom. The van der Waals surface area contributed by atoms with Gasteiger partial charge in [-0.1, -0.05) is 0 Å². The van der Waals surface area contributed by atoms with Crippen LogP contribution in [0.15, 0.2) is 22.8 Å². The van der Waals surface area contributed by atoms with E-state index in [4.69, 9.17) is 14.3 Å². The van der Waals surface area contributed by atoms with Gasteiger partial charge in [-0.25, -0.2) is 4.79 Å². The lowest BCUT2D eigenvalue weighted by molar-refractivity contribution is -0.166. The van der Waals surface area contributed by atoms with Crippen molar-refractivity contribution in [2.24, 2.45) is 0 Å². The minimum atomic E-state index is -1.09. The predicted octanol–water partition coefficient (Wildman–Crippen LogP) is 0.100. The van der Waals surface area contributed by atoms with Crippen LogP contribution in [0.1, 0.15) is 23.9 Å². The summed E-state index contributed by atoms with van der Waals surface area (Å²) in [5, 5.41) is 11.6. The molecule has 8 heteroatoms. The highest BCUT2D eigenvalue weighted by Crippen LogP contribution is 2.12. The number of aliphatic carboxylic acids is 1. The van der Waals surface area contributed by atoms with Crippen molar-refractivity contribution in [3.63, 3.8) is 0 Å². The van der Waals surface area contributed by atoms with Crippen molar-refractivity contribution < 1.29 is 28.6 Å². The molecule has 2 atom stereocenters. The minimum Gasteiger partial charge on any atom is -0.479 e. The van der Waals surface area contributed by atoms with Gasteiger partial charge in [0, 0.05) is 19.5 Å². The summed E-state index contributed by atoms with van der Waals surface area (Å²) in [6.45, 7) is 2.23. The molecule has 2 N–H and O–H groups in total. The molecule has 0 saturated carbocycles. The Morgan fingerprint density at radius 1 is 1.41 bits per heavy atom. The lowest BCUT2D eigenvalue weighted by Crippen LogP contribution is -2.52. The van der Waals surface area contributed by atoms with Crippen LogP contribution in [0.5, 0.6) is 0 Å². The van der Waals surface area contributed by atoms with E-state index in [1.54, 1.807) is 13.0 Å². The van der Waals surface area contributed by atoms with E-state index >= 15 is 0 Å². The van der Waals surface area contributed by atoms with Gasteiger partial charge >= 0.3 is 5.97 Å². The summed E-state index contributed by atoms with van der Waals surface area (Å²) in [6.07, 6.45) is 0.133. The SMILES string of the molecule is C[C@@H]1CN(C(=O)CCNC(=O)c2ccco2)CC(C(=O)O)O1. The van der Waals surface area contributed by atoms with Crippen LogP contribution in [0.4, 0.5) is 0 Å². The molecule has 1 aliphatic heterocycles. The van der Waals surface area contributed by atoms with Gasteiger partial charge in [0.15, 0.2) is 11.9 Å². The number of amides is 2. The second-order valence-corrected chi connectivity index (χ2v) is 5.06. The fourth-order valence-corrected chi connectivity index (χ4v) is 2.23. The van der Waals surface area contributed by atoms with E-state index in [9.17, 15) is 14.4 Å². The summed E-state index contributed by atoms with van der Waals surface area (Å²) in [6, 6.07) is 3.12. The number of rotatable bonds is 5. The third-order valence-electron chi connectivity index (χ3n) is 3.26. The maximum atomic E-state index is 12.1. The molecule has 0 radical (unpaired) electrons. The van der Waals surface area contributed by atoms with Gasteiger partial charge in [0.1, 0.15) is 0 Å². The van der Waals surface area contributed by atoms with Crippen LogP contribution >= 0.6 is 0 Å². The molecule has 2 rings (SSSR count).